The molecule has 0 aliphatic carbocycles. The van der Waals surface area contributed by atoms with Gasteiger partial charge in [0, 0.05) is 11.6 Å². The fourth-order valence-corrected chi connectivity index (χ4v) is 1.33. The molecule has 0 saturated carbocycles. The third-order valence-electron chi connectivity index (χ3n) is 2.08. The summed E-state index contributed by atoms with van der Waals surface area (Å²) in [6, 6.07) is 11.5. The first-order valence-electron chi connectivity index (χ1n) is 4.71. The molecule has 2 aromatic rings. The number of hydrogen-bond donors (Lipinski definition) is 0. The van der Waals surface area contributed by atoms with Crippen molar-refractivity contribution in [2.75, 3.05) is 0 Å². The lowest BCUT2D eigenvalue weighted by Crippen LogP contribution is -1.75. The zero-order valence-corrected chi connectivity index (χ0v) is 8.35. The molecule has 0 spiro atoms. The van der Waals surface area contributed by atoms with E-state index < -0.39 is 0 Å². The predicted molar refractivity (Wildman–Crippen MR) is 58.7 cm³/mol. The van der Waals surface area contributed by atoms with Crippen molar-refractivity contribution in [1.29, 1.82) is 5.26 Å². The number of halogens is 1. The molecule has 1 heterocycles. The number of nitrogens with zero attached hydrogens (tertiary/aromatic N) is 1. The molecule has 1 aromatic heterocycles. The Hall–Kier alpha value is -2.34. The van der Waals surface area contributed by atoms with E-state index in [0.717, 1.165) is 5.56 Å². The van der Waals surface area contributed by atoms with Crippen LogP contribution in [0.3, 0.4) is 0 Å². The fourth-order valence-electron chi connectivity index (χ4n) is 1.33. The largest absolute Gasteiger partial charge is 0.457 e. The highest BCUT2D eigenvalue weighted by molar-refractivity contribution is 5.60. The second-order valence-corrected chi connectivity index (χ2v) is 3.17. The van der Waals surface area contributed by atoms with E-state index >= 15 is 0 Å². The Morgan fingerprint density at radius 2 is 1.88 bits per heavy atom. The normalized spacial score (nSPS) is 10.5. The molecule has 0 atom stereocenters. The molecule has 78 valence electrons. The van der Waals surface area contributed by atoms with Crippen molar-refractivity contribution in [2.45, 2.75) is 0 Å². The van der Waals surface area contributed by atoms with Crippen LogP contribution in [0.25, 0.3) is 17.4 Å². The Bertz CT molecular complexity index is 546. The molecule has 1 aromatic carbocycles. The molecule has 0 bridgehead atoms. The van der Waals surface area contributed by atoms with Crippen molar-refractivity contribution in [1.82, 2.24) is 0 Å². The lowest BCUT2D eigenvalue weighted by atomic mass is 10.2. The quantitative estimate of drug-likeness (QED) is 0.714. The molecule has 0 aliphatic heterocycles. The van der Waals surface area contributed by atoms with Crippen molar-refractivity contribution in [2.24, 2.45) is 0 Å². The average molecular weight is 213 g/mol. The van der Waals surface area contributed by atoms with E-state index in [0.29, 0.717) is 11.5 Å². The van der Waals surface area contributed by atoms with Gasteiger partial charge in [-0.25, -0.2) is 4.39 Å². The second-order valence-electron chi connectivity index (χ2n) is 3.17. The molecule has 0 fully saturated rings. The van der Waals surface area contributed by atoms with Crippen LogP contribution in [0.2, 0.25) is 0 Å². The van der Waals surface area contributed by atoms with Crippen molar-refractivity contribution in [3.8, 4) is 17.4 Å². The average Bonchev–Trinajstić information content (AvgIpc) is 2.76. The summed E-state index contributed by atoms with van der Waals surface area (Å²) >= 11 is 0. The first-order chi connectivity index (χ1) is 7.79. The summed E-state index contributed by atoms with van der Waals surface area (Å²) in [6.45, 7) is 0. The van der Waals surface area contributed by atoms with Crippen LogP contribution in [0, 0.1) is 17.1 Å². The Labute approximate surface area is 92.2 Å². The highest BCUT2D eigenvalue weighted by Crippen LogP contribution is 2.22. The summed E-state index contributed by atoms with van der Waals surface area (Å²) in [5.74, 6) is 0.971. The predicted octanol–water partition coefficient (Wildman–Crippen LogP) is 3.62. The van der Waals surface area contributed by atoms with E-state index in [2.05, 4.69) is 0 Å². The van der Waals surface area contributed by atoms with Gasteiger partial charge in [-0.2, -0.15) is 5.26 Å². The van der Waals surface area contributed by atoms with Gasteiger partial charge in [0.25, 0.3) is 0 Å². The zero-order valence-electron chi connectivity index (χ0n) is 8.35. The molecule has 3 heteroatoms. The number of nitriles is 1. The lowest BCUT2D eigenvalue weighted by Gasteiger charge is -1.95. The Morgan fingerprint density at radius 3 is 2.56 bits per heavy atom. The van der Waals surface area contributed by atoms with Gasteiger partial charge in [-0.1, -0.05) is 0 Å². The molecule has 0 saturated heterocycles. The maximum Gasteiger partial charge on any atom is 0.134 e. The van der Waals surface area contributed by atoms with Gasteiger partial charge in [-0.3, -0.25) is 0 Å². The van der Waals surface area contributed by atoms with Gasteiger partial charge in [0.1, 0.15) is 17.3 Å². The van der Waals surface area contributed by atoms with E-state index in [1.165, 1.54) is 18.2 Å². The Kier molecular flexibility index (Phi) is 2.84. The summed E-state index contributed by atoms with van der Waals surface area (Å²) in [7, 11) is 0. The topological polar surface area (TPSA) is 36.9 Å². The van der Waals surface area contributed by atoms with Crippen molar-refractivity contribution < 1.29 is 8.81 Å². The molecule has 0 amide bonds. The van der Waals surface area contributed by atoms with E-state index in [-0.39, 0.29) is 5.82 Å². The molecule has 0 N–H and O–H groups in total. The number of hydrogen-bond acceptors (Lipinski definition) is 2. The van der Waals surface area contributed by atoms with Crippen LogP contribution in [-0.2, 0) is 0 Å². The SMILES string of the molecule is N#CC=Cc1ccc(-c2ccc(F)cc2)o1. The third-order valence-corrected chi connectivity index (χ3v) is 2.08. The minimum Gasteiger partial charge on any atom is -0.457 e. The first kappa shape index (κ1) is 10.2. The molecule has 2 rings (SSSR count). The highest BCUT2D eigenvalue weighted by atomic mass is 19.1. The highest BCUT2D eigenvalue weighted by Gasteiger charge is 2.02. The summed E-state index contributed by atoms with van der Waals surface area (Å²) in [5.41, 5.74) is 0.804. The van der Waals surface area contributed by atoms with Crippen LogP contribution in [-0.4, -0.2) is 0 Å². The lowest BCUT2D eigenvalue weighted by molar-refractivity contribution is 0.571. The van der Waals surface area contributed by atoms with Gasteiger partial charge < -0.3 is 4.42 Å². The summed E-state index contributed by atoms with van der Waals surface area (Å²) in [4.78, 5) is 0. The van der Waals surface area contributed by atoms with E-state index in [9.17, 15) is 4.39 Å². The first-order valence-corrected chi connectivity index (χ1v) is 4.71. The smallest absolute Gasteiger partial charge is 0.134 e. The van der Waals surface area contributed by atoms with Gasteiger partial charge in [0.05, 0.1) is 6.07 Å². The molecule has 0 radical (unpaired) electrons. The van der Waals surface area contributed by atoms with Gasteiger partial charge in [0.15, 0.2) is 0 Å². The zero-order chi connectivity index (χ0) is 11.4. The van der Waals surface area contributed by atoms with Crippen LogP contribution in [0.15, 0.2) is 46.9 Å². The van der Waals surface area contributed by atoms with E-state index in [4.69, 9.17) is 9.68 Å². The third kappa shape index (κ3) is 2.18. The van der Waals surface area contributed by atoms with E-state index in [1.54, 1.807) is 30.3 Å². The summed E-state index contributed by atoms with van der Waals surface area (Å²) in [6.07, 6.45) is 2.92. The second kappa shape index (κ2) is 4.45. The molecule has 0 unspecified atom stereocenters. The number of benzene rings is 1. The minimum absolute atomic E-state index is 0.278. The van der Waals surface area contributed by atoms with Gasteiger partial charge in [-0.05, 0) is 42.5 Å². The summed E-state index contributed by atoms with van der Waals surface area (Å²) in [5, 5.41) is 8.36. The van der Waals surface area contributed by atoms with Crippen molar-refractivity contribution >= 4 is 6.08 Å². The molecular formula is C13H8FNO. The Balaban J connectivity index is 2.28. The van der Waals surface area contributed by atoms with Crippen molar-refractivity contribution in [3.63, 3.8) is 0 Å². The molecule has 0 aliphatic rings. The maximum absolute atomic E-state index is 12.7. The fraction of sp³-hybridized carbons (Fsp3) is 0. The van der Waals surface area contributed by atoms with Crippen LogP contribution < -0.4 is 0 Å². The van der Waals surface area contributed by atoms with E-state index in [1.807, 2.05) is 6.07 Å². The minimum atomic E-state index is -0.278. The number of allylic oxidation sites excluding steroid dienone is 1. The molecular weight excluding hydrogens is 205 g/mol. The molecule has 2 nitrogen and oxygen atoms in total. The van der Waals surface area contributed by atoms with Crippen LogP contribution in [0.1, 0.15) is 5.76 Å². The maximum atomic E-state index is 12.7. The monoisotopic (exact) mass is 213 g/mol. The van der Waals surface area contributed by atoms with Crippen LogP contribution >= 0.6 is 0 Å². The molecule has 16 heavy (non-hydrogen) atoms. The van der Waals surface area contributed by atoms with Gasteiger partial charge in [-0.15, -0.1) is 0 Å². The number of rotatable bonds is 2. The number of furan rings is 1. The summed E-state index contributed by atoms with van der Waals surface area (Å²) < 4.78 is 18.1. The Morgan fingerprint density at radius 1 is 1.12 bits per heavy atom. The van der Waals surface area contributed by atoms with Crippen LogP contribution in [0.4, 0.5) is 4.39 Å². The van der Waals surface area contributed by atoms with Gasteiger partial charge >= 0.3 is 0 Å². The standard InChI is InChI=1S/C13H8FNO/c14-11-5-3-10(4-6-11)13-8-7-12(16-13)2-1-9-15/h1-8H. The van der Waals surface area contributed by atoms with Gasteiger partial charge in [0.2, 0.25) is 0 Å². The van der Waals surface area contributed by atoms with Crippen LogP contribution in [0.5, 0.6) is 0 Å². The van der Waals surface area contributed by atoms with Crippen molar-refractivity contribution in [3.05, 3.63) is 54.1 Å².